The van der Waals surface area contributed by atoms with Gasteiger partial charge in [0.05, 0.1) is 13.2 Å². The molecule has 1 aromatic rings. The first-order chi connectivity index (χ1) is 10.3. The lowest BCUT2D eigenvalue weighted by molar-refractivity contribution is -0.194. The van der Waals surface area contributed by atoms with Gasteiger partial charge in [-0.05, 0) is 12.5 Å². The number of carbonyl (C=O) groups is 2. The van der Waals surface area contributed by atoms with E-state index in [0.717, 1.165) is 0 Å². The summed E-state index contributed by atoms with van der Waals surface area (Å²) in [4.78, 5) is 24.3. The van der Waals surface area contributed by atoms with Crippen LogP contribution in [0.3, 0.4) is 0 Å². The van der Waals surface area contributed by atoms with E-state index in [2.05, 4.69) is 0 Å². The van der Waals surface area contributed by atoms with Crippen LogP contribution < -0.4 is 0 Å². The summed E-state index contributed by atoms with van der Waals surface area (Å²) >= 11 is 0. The van der Waals surface area contributed by atoms with Gasteiger partial charge in [0.25, 0.3) is 0 Å². The molecule has 0 bridgehead atoms. The monoisotopic (exact) mass is 314 g/mol. The molecule has 1 saturated carbocycles. The molecular formula is C15H13F3O4. The molecule has 0 spiro atoms. The summed E-state index contributed by atoms with van der Waals surface area (Å²) < 4.78 is 51.2. The molecular weight excluding hydrogens is 301 g/mol. The first-order valence-corrected chi connectivity index (χ1v) is 6.81. The third-order valence-electron chi connectivity index (χ3n) is 4.56. The van der Waals surface area contributed by atoms with Crippen LogP contribution in [0.15, 0.2) is 30.3 Å². The Labute approximate surface area is 124 Å². The maximum absolute atomic E-state index is 13.9. The van der Waals surface area contributed by atoms with Gasteiger partial charge in [0.15, 0.2) is 5.41 Å². The topological polar surface area (TPSA) is 52.6 Å². The first kappa shape index (κ1) is 14.9. The van der Waals surface area contributed by atoms with Crippen molar-refractivity contribution in [1.29, 1.82) is 0 Å². The van der Waals surface area contributed by atoms with Gasteiger partial charge in [-0.25, -0.2) is 0 Å². The molecule has 0 unspecified atom stereocenters. The summed E-state index contributed by atoms with van der Waals surface area (Å²) in [7, 11) is 0. The molecule has 3 rings (SSSR count). The Morgan fingerprint density at radius 3 is 2.55 bits per heavy atom. The summed E-state index contributed by atoms with van der Waals surface area (Å²) in [5.74, 6) is -3.60. The smallest absolute Gasteiger partial charge is 0.400 e. The summed E-state index contributed by atoms with van der Waals surface area (Å²) in [6.45, 7) is 0.930. The van der Waals surface area contributed by atoms with Crippen molar-refractivity contribution < 1.29 is 32.2 Å². The van der Waals surface area contributed by atoms with E-state index in [4.69, 9.17) is 9.47 Å². The average molecular weight is 314 g/mol. The van der Waals surface area contributed by atoms with Gasteiger partial charge in [-0.15, -0.1) is 0 Å². The number of fused-ring (bicyclic) bond motifs is 1. The second-order valence-corrected chi connectivity index (χ2v) is 5.35. The van der Waals surface area contributed by atoms with Gasteiger partial charge in [-0.2, -0.15) is 13.2 Å². The number of rotatable bonds is 3. The standard InChI is InChI=1S/C15H13F3O4/c1-2-21-11(19)13-10(8-22-12(13)20)14(13,15(16,17)18)9-6-4-3-5-7-9/h3-7,10H,2,8H2,1H3/t10-,13+,14+/m1/s1. The number of cyclic esters (lactones) is 1. The molecule has 1 saturated heterocycles. The first-order valence-electron chi connectivity index (χ1n) is 6.81. The number of benzene rings is 1. The highest BCUT2D eigenvalue weighted by molar-refractivity contribution is 6.09. The zero-order chi connectivity index (χ0) is 16.2. The number of esters is 2. The van der Waals surface area contributed by atoms with Crippen LogP contribution in [0.5, 0.6) is 0 Å². The lowest BCUT2D eigenvalue weighted by atomic mass is 9.84. The molecule has 0 amide bonds. The highest BCUT2D eigenvalue weighted by Gasteiger charge is 2.97. The van der Waals surface area contributed by atoms with E-state index in [1.54, 1.807) is 6.07 Å². The van der Waals surface area contributed by atoms with Gasteiger partial charge in [0.2, 0.25) is 0 Å². The molecule has 3 atom stereocenters. The Morgan fingerprint density at radius 2 is 2.00 bits per heavy atom. The van der Waals surface area contributed by atoms with Crippen LogP contribution >= 0.6 is 0 Å². The Kier molecular flexibility index (Phi) is 3.02. The number of halogens is 3. The fourth-order valence-electron chi connectivity index (χ4n) is 3.72. The van der Waals surface area contributed by atoms with E-state index in [0.29, 0.717) is 0 Å². The zero-order valence-electron chi connectivity index (χ0n) is 11.6. The molecule has 1 aromatic carbocycles. The molecule has 2 aliphatic rings. The molecule has 1 heterocycles. The predicted molar refractivity (Wildman–Crippen MR) is 67.7 cm³/mol. The number of ether oxygens (including phenoxy) is 2. The molecule has 22 heavy (non-hydrogen) atoms. The fraction of sp³-hybridized carbons (Fsp3) is 0.467. The largest absolute Gasteiger partial charge is 0.465 e. The van der Waals surface area contributed by atoms with Gasteiger partial charge in [0, 0.05) is 5.92 Å². The molecule has 0 N–H and O–H groups in total. The number of hydrogen-bond donors (Lipinski definition) is 0. The van der Waals surface area contributed by atoms with Crippen LogP contribution in [0.25, 0.3) is 0 Å². The van der Waals surface area contributed by atoms with Crippen molar-refractivity contribution in [2.24, 2.45) is 11.3 Å². The van der Waals surface area contributed by atoms with Crippen molar-refractivity contribution in [3.05, 3.63) is 35.9 Å². The zero-order valence-corrected chi connectivity index (χ0v) is 11.6. The highest BCUT2D eigenvalue weighted by Crippen LogP contribution is 2.78. The Bertz CT molecular complexity index is 627. The molecule has 7 heteroatoms. The van der Waals surface area contributed by atoms with Gasteiger partial charge in [0.1, 0.15) is 5.41 Å². The molecule has 4 nitrogen and oxygen atoms in total. The maximum atomic E-state index is 13.9. The number of hydrogen-bond acceptors (Lipinski definition) is 4. The average Bonchev–Trinajstić information content (AvgIpc) is 2.98. The van der Waals surface area contributed by atoms with Crippen molar-refractivity contribution in [3.8, 4) is 0 Å². The lowest BCUT2D eigenvalue weighted by Gasteiger charge is -2.27. The van der Waals surface area contributed by atoms with Crippen molar-refractivity contribution in [2.45, 2.75) is 18.5 Å². The summed E-state index contributed by atoms with van der Waals surface area (Å²) in [6, 6.07) is 7.02. The number of carbonyl (C=O) groups excluding carboxylic acids is 2. The molecule has 1 aliphatic carbocycles. The molecule has 1 aliphatic heterocycles. The second-order valence-electron chi connectivity index (χ2n) is 5.35. The Morgan fingerprint density at radius 1 is 1.36 bits per heavy atom. The number of alkyl halides is 3. The quantitative estimate of drug-likeness (QED) is 0.634. The SMILES string of the molecule is CCOC(=O)[C@]12C(=O)OC[C@H]1[C@]2(c1ccccc1)C(F)(F)F. The molecule has 0 radical (unpaired) electrons. The van der Waals surface area contributed by atoms with E-state index in [1.807, 2.05) is 0 Å². The van der Waals surface area contributed by atoms with Crippen molar-refractivity contribution in [3.63, 3.8) is 0 Å². The predicted octanol–water partition coefficient (Wildman–Crippen LogP) is 2.22. The van der Waals surface area contributed by atoms with Crippen molar-refractivity contribution in [1.82, 2.24) is 0 Å². The van der Waals surface area contributed by atoms with E-state index in [9.17, 15) is 22.8 Å². The van der Waals surface area contributed by atoms with Crippen molar-refractivity contribution >= 4 is 11.9 Å². The van der Waals surface area contributed by atoms with Crippen LogP contribution in [0.4, 0.5) is 13.2 Å². The van der Waals surface area contributed by atoms with Crippen LogP contribution in [-0.4, -0.2) is 31.3 Å². The highest BCUT2D eigenvalue weighted by atomic mass is 19.4. The molecule has 0 aromatic heterocycles. The van der Waals surface area contributed by atoms with Gasteiger partial charge < -0.3 is 9.47 Å². The fourth-order valence-corrected chi connectivity index (χ4v) is 3.72. The minimum Gasteiger partial charge on any atom is -0.465 e. The second kappa shape index (κ2) is 4.47. The van der Waals surface area contributed by atoms with Gasteiger partial charge in [-0.1, -0.05) is 30.3 Å². The summed E-state index contributed by atoms with van der Waals surface area (Å²) in [6.07, 6.45) is -4.77. The minimum atomic E-state index is -4.77. The van der Waals surface area contributed by atoms with E-state index in [1.165, 1.54) is 31.2 Å². The maximum Gasteiger partial charge on any atom is 0.400 e. The molecule has 118 valence electrons. The third kappa shape index (κ3) is 1.43. The van der Waals surface area contributed by atoms with E-state index < -0.39 is 41.5 Å². The van der Waals surface area contributed by atoms with Crippen molar-refractivity contribution in [2.75, 3.05) is 13.2 Å². The summed E-state index contributed by atoms with van der Waals surface area (Å²) in [5.41, 5.74) is -5.00. The van der Waals surface area contributed by atoms with E-state index >= 15 is 0 Å². The minimum absolute atomic E-state index is 0.108. The summed E-state index contributed by atoms with van der Waals surface area (Å²) in [5, 5.41) is 0. The Hall–Kier alpha value is -2.05. The van der Waals surface area contributed by atoms with E-state index in [-0.39, 0.29) is 12.2 Å². The molecule has 2 fully saturated rings. The van der Waals surface area contributed by atoms with Gasteiger partial charge >= 0.3 is 18.1 Å². The van der Waals surface area contributed by atoms with Crippen LogP contribution in [0.2, 0.25) is 0 Å². The Balaban J connectivity index is 2.21. The van der Waals surface area contributed by atoms with Gasteiger partial charge in [-0.3, -0.25) is 9.59 Å². The van der Waals surface area contributed by atoms with Crippen LogP contribution in [0.1, 0.15) is 12.5 Å². The van der Waals surface area contributed by atoms with Crippen LogP contribution in [0, 0.1) is 11.3 Å². The van der Waals surface area contributed by atoms with Crippen LogP contribution in [-0.2, 0) is 24.5 Å². The lowest BCUT2D eigenvalue weighted by Crippen LogP contribution is -2.44. The third-order valence-corrected chi connectivity index (χ3v) is 4.56. The normalized spacial score (nSPS) is 33.1.